The lowest BCUT2D eigenvalue weighted by atomic mass is 9.94. The van der Waals surface area contributed by atoms with E-state index in [2.05, 4.69) is 25.2 Å². The molecule has 1 saturated heterocycles. The number of para-hydroxylation sites is 1. The molecule has 0 atom stereocenters. The summed E-state index contributed by atoms with van der Waals surface area (Å²) in [4.78, 5) is 28.5. The number of methoxy groups -OCH3 is 2. The summed E-state index contributed by atoms with van der Waals surface area (Å²) in [6.45, 7) is 2.08. The Hall–Kier alpha value is -2.90. The summed E-state index contributed by atoms with van der Waals surface area (Å²) in [5.74, 6) is 1.84. The van der Waals surface area contributed by atoms with Crippen LogP contribution in [-0.4, -0.2) is 48.2 Å². The van der Waals surface area contributed by atoms with Crippen LogP contribution in [0.25, 0.3) is 0 Å². The molecule has 2 aromatic rings. The van der Waals surface area contributed by atoms with Crippen LogP contribution < -0.4 is 19.7 Å². The molecular weight excluding hydrogens is 370 g/mol. The minimum Gasteiger partial charge on any atom is -0.496 e. The highest BCUT2D eigenvalue weighted by atomic mass is 16.5. The van der Waals surface area contributed by atoms with Gasteiger partial charge in [-0.15, -0.1) is 0 Å². The first-order valence-electron chi connectivity index (χ1n) is 10.1. The molecule has 2 heterocycles. The maximum absolute atomic E-state index is 13.0. The summed E-state index contributed by atoms with van der Waals surface area (Å²) in [6, 6.07) is 7.98. The monoisotopic (exact) mass is 397 g/mol. The lowest BCUT2D eigenvalue weighted by molar-refractivity contribution is -0.123. The lowest BCUT2D eigenvalue weighted by Crippen LogP contribution is -2.35. The van der Waals surface area contributed by atoms with Crippen molar-refractivity contribution in [1.29, 1.82) is 0 Å². The standard InChI is InChI=1S/C21H27N5O3/c1-28-16-9-5-4-8-15(16)21(10-11-21)18(27)22-14-17-23-19(25-20(24-17)29-2)26-12-6-3-7-13-26/h4-5,8-9H,3,6-7,10-14H2,1-2H3,(H,22,27). The Morgan fingerprint density at radius 2 is 1.83 bits per heavy atom. The molecule has 29 heavy (non-hydrogen) atoms. The molecule has 0 unspecified atom stereocenters. The summed E-state index contributed by atoms with van der Waals surface area (Å²) in [5, 5.41) is 3.01. The molecular formula is C21H27N5O3. The van der Waals surface area contributed by atoms with Crippen LogP contribution in [0, 0.1) is 0 Å². The first-order chi connectivity index (χ1) is 14.2. The smallest absolute Gasteiger partial charge is 0.321 e. The van der Waals surface area contributed by atoms with Gasteiger partial charge >= 0.3 is 6.01 Å². The Balaban J connectivity index is 1.49. The summed E-state index contributed by atoms with van der Waals surface area (Å²) >= 11 is 0. The van der Waals surface area contributed by atoms with Crippen LogP contribution in [0.2, 0.25) is 0 Å². The largest absolute Gasteiger partial charge is 0.496 e. The van der Waals surface area contributed by atoms with Gasteiger partial charge in [-0.3, -0.25) is 4.79 Å². The third kappa shape index (κ3) is 3.97. The number of ether oxygens (including phenoxy) is 2. The topological polar surface area (TPSA) is 89.5 Å². The van der Waals surface area contributed by atoms with Gasteiger partial charge in [0.1, 0.15) is 5.75 Å². The summed E-state index contributed by atoms with van der Waals surface area (Å²) in [6.07, 6.45) is 5.09. The van der Waals surface area contributed by atoms with E-state index in [1.165, 1.54) is 6.42 Å². The fourth-order valence-electron chi connectivity index (χ4n) is 3.90. The van der Waals surface area contributed by atoms with Gasteiger partial charge in [-0.1, -0.05) is 18.2 Å². The van der Waals surface area contributed by atoms with E-state index in [4.69, 9.17) is 9.47 Å². The Bertz CT molecular complexity index is 878. The molecule has 1 aromatic carbocycles. The van der Waals surface area contributed by atoms with Crippen molar-refractivity contribution in [2.45, 2.75) is 44.1 Å². The fourth-order valence-corrected chi connectivity index (χ4v) is 3.90. The maximum Gasteiger partial charge on any atom is 0.321 e. The molecule has 1 N–H and O–H groups in total. The third-order valence-corrected chi connectivity index (χ3v) is 5.69. The van der Waals surface area contributed by atoms with Gasteiger partial charge in [0.15, 0.2) is 5.82 Å². The van der Waals surface area contributed by atoms with E-state index < -0.39 is 5.41 Å². The highest BCUT2D eigenvalue weighted by Crippen LogP contribution is 2.51. The second-order valence-electron chi connectivity index (χ2n) is 7.55. The molecule has 1 aliphatic heterocycles. The van der Waals surface area contributed by atoms with Gasteiger partial charge in [-0.25, -0.2) is 0 Å². The summed E-state index contributed by atoms with van der Waals surface area (Å²) < 4.78 is 10.7. The highest BCUT2D eigenvalue weighted by Gasteiger charge is 2.52. The van der Waals surface area contributed by atoms with Crippen molar-refractivity contribution in [3.8, 4) is 11.8 Å². The van der Waals surface area contributed by atoms with Gasteiger partial charge in [-0.2, -0.15) is 15.0 Å². The van der Waals surface area contributed by atoms with E-state index in [1.54, 1.807) is 14.2 Å². The van der Waals surface area contributed by atoms with Crippen molar-refractivity contribution < 1.29 is 14.3 Å². The van der Waals surface area contributed by atoms with Gasteiger partial charge in [0.05, 0.1) is 26.2 Å². The van der Waals surface area contributed by atoms with Crippen LogP contribution in [0.15, 0.2) is 24.3 Å². The molecule has 8 nitrogen and oxygen atoms in total. The Morgan fingerprint density at radius 3 is 2.52 bits per heavy atom. The minimum atomic E-state index is -0.528. The first kappa shape index (κ1) is 19.4. The number of anilines is 1. The van der Waals surface area contributed by atoms with Crippen LogP contribution in [-0.2, 0) is 16.8 Å². The van der Waals surface area contributed by atoms with Crippen LogP contribution in [0.5, 0.6) is 11.8 Å². The van der Waals surface area contributed by atoms with E-state index in [0.29, 0.717) is 11.8 Å². The van der Waals surface area contributed by atoms with Crippen LogP contribution in [0.3, 0.4) is 0 Å². The zero-order chi connectivity index (χ0) is 20.3. The van der Waals surface area contributed by atoms with Gasteiger partial charge in [0.2, 0.25) is 11.9 Å². The van der Waals surface area contributed by atoms with E-state index >= 15 is 0 Å². The van der Waals surface area contributed by atoms with Crippen LogP contribution in [0.4, 0.5) is 5.95 Å². The van der Waals surface area contributed by atoms with E-state index in [0.717, 1.165) is 50.1 Å². The quantitative estimate of drug-likeness (QED) is 0.766. The molecule has 154 valence electrons. The van der Waals surface area contributed by atoms with E-state index in [1.807, 2.05) is 24.3 Å². The lowest BCUT2D eigenvalue weighted by Gasteiger charge is -2.26. The van der Waals surface area contributed by atoms with Gasteiger partial charge in [-0.05, 0) is 38.2 Å². The fraction of sp³-hybridized carbons (Fsp3) is 0.524. The summed E-state index contributed by atoms with van der Waals surface area (Å²) in [5.41, 5.74) is 0.404. The Morgan fingerprint density at radius 1 is 1.07 bits per heavy atom. The predicted octanol–water partition coefficient (Wildman–Crippen LogP) is 2.23. The molecule has 0 radical (unpaired) electrons. The molecule has 8 heteroatoms. The molecule has 1 amide bonds. The second kappa shape index (κ2) is 8.23. The molecule has 2 aliphatic rings. The van der Waals surface area contributed by atoms with Crippen LogP contribution >= 0.6 is 0 Å². The number of carbonyl (C=O) groups excluding carboxylic acids is 1. The Labute approximate surface area is 170 Å². The third-order valence-electron chi connectivity index (χ3n) is 5.69. The van der Waals surface area contributed by atoms with E-state index in [9.17, 15) is 4.79 Å². The number of piperidine rings is 1. The average Bonchev–Trinajstić information content (AvgIpc) is 3.60. The average molecular weight is 397 g/mol. The van der Waals surface area contributed by atoms with Crippen molar-refractivity contribution in [2.75, 3.05) is 32.2 Å². The van der Waals surface area contributed by atoms with Gasteiger partial charge < -0.3 is 19.7 Å². The molecule has 0 bridgehead atoms. The molecule has 2 fully saturated rings. The number of aromatic nitrogens is 3. The molecule has 1 aromatic heterocycles. The SMILES string of the molecule is COc1nc(CNC(=O)C2(c3ccccc3OC)CC2)nc(N2CCCCC2)n1. The van der Waals surface area contributed by atoms with Crippen LogP contribution in [0.1, 0.15) is 43.5 Å². The Kier molecular flexibility index (Phi) is 5.51. The molecule has 0 spiro atoms. The molecule has 1 saturated carbocycles. The molecule has 1 aliphatic carbocycles. The number of benzene rings is 1. The maximum atomic E-state index is 13.0. The normalized spacial score (nSPS) is 17.5. The number of amides is 1. The number of carbonyl (C=O) groups is 1. The molecule has 4 rings (SSSR count). The number of hydrogen-bond acceptors (Lipinski definition) is 7. The van der Waals surface area contributed by atoms with Crippen molar-refractivity contribution in [3.63, 3.8) is 0 Å². The van der Waals surface area contributed by atoms with Crippen molar-refractivity contribution in [2.24, 2.45) is 0 Å². The summed E-state index contributed by atoms with van der Waals surface area (Å²) in [7, 11) is 3.17. The second-order valence-corrected chi connectivity index (χ2v) is 7.55. The number of rotatable bonds is 7. The van der Waals surface area contributed by atoms with Crippen molar-refractivity contribution in [3.05, 3.63) is 35.7 Å². The minimum absolute atomic E-state index is 0.0269. The number of nitrogens with zero attached hydrogens (tertiary/aromatic N) is 4. The number of nitrogens with one attached hydrogen (secondary N) is 1. The number of hydrogen-bond donors (Lipinski definition) is 1. The highest BCUT2D eigenvalue weighted by molar-refractivity contribution is 5.92. The van der Waals surface area contributed by atoms with Crippen molar-refractivity contribution >= 4 is 11.9 Å². The zero-order valence-corrected chi connectivity index (χ0v) is 17.0. The first-order valence-corrected chi connectivity index (χ1v) is 10.1. The zero-order valence-electron chi connectivity index (χ0n) is 17.0. The van der Waals surface area contributed by atoms with E-state index in [-0.39, 0.29) is 18.5 Å². The van der Waals surface area contributed by atoms with Gasteiger partial charge in [0.25, 0.3) is 0 Å². The van der Waals surface area contributed by atoms with Crippen molar-refractivity contribution in [1.82, 2.24) is 20.3 Å². The van der Waals surface area contributed by atoms with Gasteiger partial charge in [0, 0.05) is 18.7 Å². The predicted molar refractivity (Wildman–Crippen MR) is 108 cm³/mol.